The second kappa shape index (κ2) is 5.86. The molecular formula is C13H17NO5. The van der Waals surface area contributed by atoms with Crippen molar-refractivity contribution in [1.82, 2.24) is 4.98 Å². The van der Waals surface area contributed by atoms with Gasteiger partial charge in [-0.25, -0.2) is 14.6 Å². The molecule has 0 atom stereocenters. The van der Waals surface area contributed by atoms with Gasteiger partial charge in [0.1, 0.15) is 0 Å². The summed E-state index contributed by atoms with van der Waals surface area (Å²) >= 11 is 0. The molecule has 1 aromatic rings. The van der Waals surface area contributed by atoms with Gasteiger partial charge in [-0.15, -0.1) is 0 Å². The van der Waals surface area contributed by atoms with E-state index < -0.39 is 23.4 Å². The number of carboxylic acid groups (broad SMARTS) is 2. The van der Waals surface area contributed by atoms with E-state index >= 15 is 0 Å². The normalized spacial score (nSPS) is 17.1. The minimum Gasteiger partial charge on any atom is -0.476 e. The van der Waals surface area contributed by atoms with Crippen molar-refractivity contribution >= 4 is 11.9 Å². The predicted octanol–water partition coefficient (Wildman–Crippen LogP) is 2.58. The molecule has 0 bridgehead atoms. The summed E-state index contributed by atoms with van der Waals surface area (Å²) in [6.07, 6.45) is 7.41. The highest BCUT2D eigenvalue weighted by Crippen LogP contribution is 2.26. The fourth-order valence-corrected chi connectivity index (χ4v) is 2.56. The predicted molar refractivity (Wildman–Crippen MR) is 65.3 cm³/mol. The minimum absolute atomic E-state index is 0.224. The smallest absolute Gasteiger partial charge is 0.374 e. The number of carboxylic acids is 2. The summed E-state index contributed by atoms with van der Waals surface area (Å²) in [6.45, 7) is 0. The molecular weight excluding hydrogens is 250 g/mol. The van der Waals surface area contributed by atoms with Crippen LogP contribution in [-0.2, 0) is 6.42 Å². The van der Waals surface area contributed by atoms with Gasteiger partial charge in [0.05, 0.1) is 0 Å². The number of aromatic nitrogens is 1. The van der Waals surface area contributed by atoms with Crippen molar-refractivity contribution in [3.8, 4) is 0 Å². The molecule has 0 aliphatic heterocycles. The van der Waals surface area contributed by atoms with Gasteiger partial charge in [0.15, 0.2) is 5.89 Å². The first-order valence-electron chi connectivity index (χ1n) is 6.54. The highest BCUT2D eigenvalue weighted by molar-refractivity contribution is 5.98. The molecule has 6 heteroatoms. The number of nitrogens with zero attached hydrogens (tertiary/aromatic N) is 1. The van der Waals surface area contributed by atoms with Crippen LogP contribution in [0.3, 0.4) is 0 Å². The molecule has 1 aromatic heterocycles. The maximum absolute atomic E-state index is 10.9. The fraction of sp³-hybridized carbons (Fsp3) is 0.615. The molecule has 1 aliphatic carbocycles. The van der Waals surface area contributed by atoms with Gasteiger partial charge in [0, 0.05) is 6.42 Å². The third kappa shape index (κ3) is 3.33. The third-order valence-corrected chi connectivity index (χ3v) is 3.51. The molecule has 0 radical (unpaired) electrons. The van der Waals surface area contributed by atoms with Crippen molar-refractivity contribution in [3.63, 3.8) is 0 Å². The molecule has 0 unspecified atom stereocenters. The lowest BCUT2D eigenvalue weighted by Gasteiger charge is -2.10. The third-order valence-electron chi connectivity index (χ3n) is 3.51. The van der Waals surface area contributed by atoms with E-state index in [1.165, 1.54) is 12.8 Å². The fourth-order valence-electron chi connectivity index (χ4n) is 2.56. The van der Waals surface area contributed by atoms with E-state index in [0.29, 0.717) is 12.3 Å². The van der Waals surface area contributed by atoms with E-state index in [1.54, 1.807) is 0 Å². The van der Waals surface area contributed by atoms with Crippen molar-refractivity contribution in [1.29, 1.82) is 0 Å². The molecule has 0 amide bonds. The van der Waals surface area contributed by atoms with Gasteiger partial charge in [-0.05, 0) is 18.8 Å². The van der Waals surface area contributed by atoms with Crippen LogP contribution in [-0.4, -0.2) is 27.1 Å². The molecule has 19 heavy (non-hydrogen) atoms. The van der Waals surface area contributed by atoms with Crippen molar-refractivity contribution in [2.75, 3.05) is 0 Å². The van der Waals surface area contributed by atoms with Crippen LogP contribution in [0.5, 0.6) is 0 Å². The van der Waals surface area contributed by atoms with Gasteiger partial charge in [0.2, 0.25) is 11.5 Å². The average molecular weight is 267 g/mol. The molecule has 1 fully saturated rings. The number of hydrogen-bond acceptors (Lipinski definition) is 4. The second-order valence-corrected chi connectivity index (χ2v) is 4.96. The molecule has 0 aromatic carbocycles. The van der Waals surface area contributed by atoms with Gasteiger partial charge in [-0.3, -0.25) is 0 Å². The molecule has 6 nitrogen and oxygen atoms in total. The van der Waals surface area contributed by atoms with E-state index in [1.807, 2.05) is 0 Å². The number of rotatable bonds is 4. The first-order valence-corrected chi connectivity index (χ1v) is 6.54. The maximum Gasteiger partial charge on any atom is 0.374 e. The Morgan fingerprint density at radius 3 is 2.21 bits per heavy atom. The molecule has 2 rings (SSSR count). The van der Waals surface area contributed by atoms with E-state index in [2.05, 4.69) is 4.98 Å². The molecule has 1 aliphatic rings. The monoisotopic (exact) mass is 267 g/mol. The largest absolute Gasteiger partial charge is 0.476 e. The Balaban J connectivity index is 2.13. The van der Waals surface area contributed by atoms with Gasteiger partial charge in [-0.1, -0.05) is 25.7 Å². The lowest BCUT2D eigenvalue weighted by molar-refractivity contribution is 0.0622. The van der Waals surface area contributed by atoms with Crippen molar-refractivity contribution in [3.05, 3.63) is 17.3 Å². The Morgan fingerprint density at radius 1 is 1.11 bits per heavy atom. The van der Waals surface area contributed by atoms with E-state index in [-0.39, 0.29) is 5.89 Å². The molecule has 0 spiro atoms. The van der Waals surface area contributed by atoms with Crippen molar-refractivity contribution in [2.45, 2.75) is 44.9 Å². The summed E-state index contributed by atoms with van der Waals surface area (Å²) < 4.78 is 5.09. The second-order valence-electron chi connectivity index (χ2n) is 4.96. The average Bonchev–Trinajstić information content (AvgIpc) is 2.60. The molecule has 0 saturated heterocycles. The van der Waals surface area contributed by atoms with Crippen LogP contribution in [0.25, 0.3) is 0 Å². The lowest BCUT2D eigenvalue weighted by atomic mass is 9.97. The number of oxazole rings is 1. The van der Waals surface area contributed by atoms with Crippen LogP contribution < -0.4 is 0 Å². The topological polar surface area (TPSA) is 101 Å². The highest BCUT2D eigenvalue weighted by atomic mass is 16.4. The summed E-state index contributed by atoms with van der Waals surface area (Å²) in [5.41, 5.74) is -0.504. The molecule has 2 N–H and O–H groups in total. The molecule has 104 valence electrons. The van der Waals surface area contributed by atoms with Gasteiger partial charge < -0.3 is 14.6 Å². The summed E-state index contributed by atoms with van der Waals surface area (Å²) in [7, 11) is 0. The van der Waals surface area contributed by atoms with Gasteiger partial charge in [-0.2, -0.15) is 0 Å². The van der Waals surface area contributed by atoms with Crippen molar-refractivity contribution in [2.24, 2.45) is 5.92 Å². The van der Waals surface area contributed by atoms with E-state index in [9.17, 15) is 9.59 Å². The van der Waals surface area contributed by atoms with E-state index in [0.717, 1.165) is 25.7 Å². The van der Waals surface area contributed by atoms with Crippen LogP contribution in [0.1, 0.15) is 65.5 Å². The van der Waals surface area contributed by atoms with Crippen molar-refractivity contribution < 1.29 is 24.2 Å². The summed E-state index contributed by atoms with van der Waals surface area (Å²) in [6, 6.07) is 0. The zero-order valence-electron chi connectivity index (χ0n) is 10.6. The van der Waals surface area contributed by atoms with Crippen LogP contribution in [0.2, 0.25) is 0 Å². The molecule has 1 heterocycles. The Hall–Kier alpha value is -1.85. The van der Waals surface area contributed by atoms with Gasteiger partial charge in [0.25, 0.3) is 0 Å². The van der Waals surface area contributed by atoms with Crippen LogP contribution in [0.15, 0.2) is 4.42 Å². The lowest BCUT2D eigenvalue weighted by Crippen LogP contribution is -2.06. The first-order chi connectivity index (χ1) is 9.08. The molecule has 1 saturated carbocycles. The Bertz CT molecular complexity index is 440. The van der Waals surface area contributed by atoms with E-state index in [4.69, 9.17) is 14.6 Å². The maximum atomic E-state index is 10.9. The number of carbonyl (C=O) groups is 2. The summed E-state index contributed by atoms with van der Waals surface area (Å²) in [5, 5.41) is 17.8. The first kappa shape index (κ1) is 13.6. The number of aromatic carboxylic acids is 2. The standard InChI is InChI=1S/C13H17NO5/c15-12(16)10-11(13(17)18)19-9(14-10)7-8-5-3-1-2-4-6-8/h8H,1-7H2,(H,15,16)(H,17,18). The zero-order valence-corrected chi connectivity index (χ0v) is 10.6. The highest BCUT2D eigenvalue weighted by Gasteiger charge is 2.26. The van der Waals surface area contributed by atoms with Crippen LogP contribution in [0.4, 0.5) is 0 Å². The quantitative estimate of drug-likeness (QED) is 0.813. The summed E-state index contributed by atoms with van der Waals surface area (Å²) in [4.78, 5) is 25.6. The Morgan fingerprint density at radius 2 is 1.74 bits per heavy atom. The summed E-state index contributed by atoms with van der Waals surface area (Å²) in [5.74, 6) is -2.70. The Labute approximate surface area is 110 Å². The number of hydrogen-bond donors (Lipinski definition) is 2. The van der Waals surface area contributed by atoms with Crippen LogP contribution in [0, 0.1) is 5.92 Å². The van der Waals surface area contributed by atoms with Crippen LogP contribution >= 0.6 is 0 Å². The SMILES string of the molecule is O=C(O)c1nc(CC2CCCCCC2)oc1C(=O)O. The zero-order chi connectivity index (χ0) is 13.8. The van der Waals surface area contributed by atoms with Gasteiger partial charge >= 0.3 is 11.9 Å². The Kier molecular flexibility index (Phi) is 4.19. The minimum atomic E-state index is -1.39.